The van der Waals surface area contributed by atoms with Gasteiger partial charge in [0.25, 0.3) is 0 Å². The van der Waals surface area contributed by atoms with Crippen LogP contribution in [0.15, 0.2) is 12.7 Å². The molecule has 3 N–H and O–H groups in total. The molecule has 0 heterocycles. The average molecular weight is 172 g/mol. The van der Waals surface area contributed by atoms with E-state index in [0.29, 0.717) is 0 Å². The van der Waals surface area contributed by atoms with E-state index in [1.165, 1.54) is 6.08 Å². The van der Waals surface area contributed by atoms with Crippen molar-refractivity contribution in [2.45, 2.75) is 37.6 Å². The maximum absolute atomic E-state index is 9.51. The Bertz CT molecular complexity index is 158. The van der Waals surface area contributed by atoms with E-state index in [0.717, 1.165) is 19.3 Å². The Morgan fingerprint density at radius 3 is 2.42 bits per heavy atom. The van der Waals surface area contributed by atoms with Crippen molar-refractivity contribution in [2.75, 3.05) is 0 Å². The molecule has 0 spiro atoms. The predicted molar refractivity (Wildman–Crippen MR) is 45.6 cm³/mol. The minimum Gasteiger partial charge on any atom is -0.393 e. The van der Waals surface area contributed by atoms with E-state index in [-0.39, 0.29) is 5.92 Å². The maximum atomic E-state index is 9.51. The van der Waals surface area contributed by atoms with Crippen molar-refractivity contribution in [3.63, 3.8) is 0 Å². The Morgan fingerprint density at radius 1 is 1.33 bits per heavy atom. The molecule has 1 fully saturated rings. The third kappa shape index (κ3) is 1.86. The van der Waals surface area contributed by atoms with E-state index in [2.05, 4.69) is 6.58 Å². The van der Waals surface area contributed by atoms with Gasteiger partial charge < -0.3 is 15.3 Å². The van der Waals surface area contributed by atoms with Crippen molar-refractivity contribution in [3.8, 4) is 0 Å². The molecule has 0 aromatic rings. The van der Waals surface area contributed by atoms with Gasteiger partial charge in [-0.1, -0.05) is 12.5 Å². The number of aliphatic hydroxyl groups is 3. The van der Waals surface area contributed by atoms with Gasteiger partial charge in [-0.15, -0.1) is 6.58 Å². The topological polar surface area (TPSA) is 60.7 Å². The molecule has 3 heteroatoms. The first-order valence-electron chi connectivity index (χ1n) is 4.33. The van der Waals surface area contributed by atoms with Crippen LogP contribution in [0.5, 0.6) is 0 Å². The van der Waals surface area contributed by atoms with Gasteiger partial charge in [0.2, 0.25) is 0 Å². The van der Waals surface area contributed by atoms with Crippen LogP contribution in [-0.4, -0.2) is 33.6 Å². The summed E-state index contributed by atoms with van der Waals surface area (Å²) in [6.45, 7) is 3.39. The molecule has 12 heavy (non-hydrogen) atoms. The Balaban J connectivity index is 2.50. The molecule has 4 unspecified atom stereocenters. The van der Waals surface area contributed by atoms with Gasteiger partial charge in [0, 0.05) is 5.92 Å². The van der Waals surface area contributed by atoms with Gasteiger partial charge in [-0.3, -0.25) is 0 Å². The average Bonchev–Trinajstić information content (AvgIpc) is 2.48. The Morgan fingerprint density at radius 2 is 2.00 bits per heavy atom. The van der Waals surface area contributed by atoms with Crippen LogP contribution in [0, 0.1) is 5.92 Å². The van der Waals surface area contributed by atoms with Crippen molar-refractivity contribution in [3.05, 3.63) is 12.7 Å². The van der Waals surface area contributed by atoms with Crippen LogP contribution in [0.2, 0.25) is 0 Å². The molecule has 0 aromatic heterocycles. The number of hydrogen-bond donors (Lipinski definition) is 3. The van der Waals surface area contributed by atoms with Crippen LogP contribution in [0.25, 0.3) is 0 Å². The first-order valence-corrected chi connectivity index (χ1v) is 4.33. The second-order valence-electron chi connectivity index (χ2n) is 3.38. The number of aliphatic hydroxyl groups excluding tert-OH is 3. The molecule has 1 rings (SSSR count). The molecule has 0 aliphatic heterocycles. The SMILES string of the molecule is C=CC(O)C(O)C1CCCC1O. The van der Waals surface area contributed by atoms with Crippen LogP contribution in [-0.2, 0) is 0 Å². The molecular formula is C9H16O3. The van der Waals surface area contributed by atoms with E-state index in [9.17, 15) is 15.3 Å². The summed E-state index contributed by atoms with van der Waals surface area (Å²) in [5.41, 5.74) is 0. The Hall–Kier alpha value is -0.380. The van der Waals surface area contributed by atoms with Crippen LogP contribution in [0.3, 0.4) is 0 Å². The summed E-state index contributed by atoms with van der Waals surface area (Å²) in [4.78, 5) is 0. The molecule has 3 nitrogen and oxygen atoms in total. The van der Waals surface area contributed by atoms with E-state index < -0.39 is 18.3 Å². The van der Waals surface area contributed by atoms with Crippen molar-refractivity contribution in [1.29, 1.82) is 0 Å². The normalized spacial score (nSPS) is 34.6. The summed E-state index contributed by atoms with van der Waals surface area (Å²) in [6, 6.07) is 0. The molecule has 4 atom stereocenters. The molecule has 1 aliphatic carbocycles. The third-order valence-electron chi connectivity index (χ3n) is 2.56. The van der Waals surface area contributed by atoms with E-state index in [1.54, 1.807) is 0 Å². The zero-order valence-corrected chi connectivity index (χ0v) is 7.06. The first-order chi connectivity index (χ1) is 5.66. The summed E-state index contributed by atoms with van der Waals surface area (Å²) >= 11 is 0. The monoisotopic (exact) mass is 172 g/mol. The number of rotatable bonds is 3. The molecule has 1 saturated carbocycles. The summed E-state index contributed by atoms with van der Waals surface area (Å²) in [6.07, 6.45) is 1.50. The summed E-state index contributed by atoms with van der Waals surface area (Å²) in [7, 11) is 0. The van der Waals surface area contributed by atoms with Crippen LogP contribution >= 0.6 is 0 Å². The van der Waals surface area contributed by atoms with Gasteiger partial charge in [0.1, 0.15) is 0 Å². The lowest BCUT2D eigenvalue weighted by Crippen LogP contribution is -2.36. The van der Waals surface area contributed by atoms with Crippen LogP contribution in [0.1, 0.15) is 19.3 Å². The maximum Gasteiger partial charge on any atom is 0.0981 e. The highest BCUT2D eigenvalue weighted by Crippen LogP contribution is 2.29. The smallest absolute Gasteiger partial charge is 0.0981 e. The fraction of sp³-hybridized carbons (Fsp3) is 0.778. The Kier molecular flexibility index (Phi) is 3.26. The minimum absolute atomic E-state index is 0.182. The zero-order chi connectivity index (χ0) is 9.14. The molecule has 0 radical (unpaired) electrons. The van der Waals surface area contributed by atoms with Gasteiger partial charge in [0.15, 0.2) is 0 Å². The third-order valence-corrected chi connectivity index (χ3v) is 2.56. The van der Waals surface area contributed by atoms with E-state index in [4.69, 9.17) is 0 Å². The summed E-state index contributed by atoms with van der Waals surface area (Å²) < 4.78 is 0. The van der Waals surface area contributed by atoms with Gasteiger partial charge >= 0.3 is 0 Å². The molecule has 0 amide bonds. The van der Waals surface area contributed by atoms with Crippen LogP contribution < -0.4 is 0 Å². The highest BCUT2D eigenvalue weighted by Gasteiger charge is 2.34. The van der Waals surface area contributed by atoms with Crippen molar-refractivity contribution in [1.82, 2.24) is 0 Å². The lowest BCUT2D eigenvalue weighted by molar-refractivity contribution is -0.0284. The van der Waals surface area contributed by atoms with Gasteiger partial charge in [-0.05, 0) is 12.8 Å². The standard InChI is InChI=1S/C9H16O3/c1-2-7(10)9(12)6-4-3-5-8(6)11/h2,6-12H,1,3-5H2. The largest absolute Gasteiger partial charge is 0.393 e. The lowest BCUT2D eigenvalue weighted by Gasteiger charge is -2.23. The second-order valence-corrected chi connectivity index (χ2v) is 3.38. The molecule has 70 valence electrons. The molecule has 0 saturated heterocycles. The van der Waals surface area contributed by atoms with Crippen molar-refractivity contribution in [2.24, 2.45) is 5.92 Å². The van der Waals surface area contributed by atoms with Gasteiger partial charge in [0.05, 0.1) is 18.3 Å². The molecule has 1 aliphatic rings. The first kappa shape index (κ1) is 9.71. The van der Waals surface area contributed by atoms with E-state index >= 15 is 0 Å². The highest BCUT2D eigenvalue weighted by molar-refractivity contribution is 4.92. The van der Waals surface area contributed by atoms with Crippen molar-refractivity contribution >= 4 is 0 Å². The number of hydrogen-bond acceptors (Lipinski definition) is 3. The Labute approximate surface area is 72.3 Å². The van der Waals surface area contributed by atoms with Gasteiger partial charge in [-0.25, -0.2) is 0 Å². The second kappa shape index (κ2) is 4.03. The minimum atomic E-state index is -0.914. The fourth-order valence-electron chi connectivity index (χ4n) is 1.76. The molecular weight excluding hydrogens is 156 g/mol. The molecule has 0 bridgehead atoms. The molecule has 0 aromatic carbocycles. The fourth-order valence-corrected chi connectivity index (χ4v) is 1.76. The summed E-state index contributed by atoms with van der Waals surface area (Å²) in [5.74, 6) is -0.182. The van der Waals surface area contributed by atoms with E-state index in [1.807, 2.05) is 0 Å². The zero-order valence-electron chi connectivity index (χ0n) is 7.06. The predicted octanol–water partition coefficient (Wildman–Crippen LogP) is 0.0552. The van der Waals surface area contributed by atoms with Crippen LogP contribution in [0.4, 0.5) is 0 Å². The summed E-state index contributed by atoms with van der Waals surface area (Å²) in [5, 5.41) is 28.1. The highest BCUT2D eigenvalue weighted by atomic mass is 16.3. The van der Waals surface area contributed by atoms with Crippen molar-refractivity contribution < 1.29 is 15.3 Å². The van der Waals surface area contributed by atoms with Gasteiger partial charge in [-0.2, -0.15) is 0 Å². The lowest BCUT2D eigenvalue weighted by atomic mass is 9.94. The quantitative estimate of drug-likeness (QED) is 0.527.